The second kappa shape index (κ2) is 5.06. The van der Waals surface area contributed by atoms with E-state index in [4.69, 9.17) is 5.73 Å². The molecule has 0 radical (unpaired) electrons. The highest BCUT2D eigenvalue weighted by Gasteiger charge is 2.26. The highest BCUT2D eigenvalue weighted by atomic mass is 79.9. The lowest BCUT2D eigenvalue weighted by Crippen LogP contribution is -2.26. The van der Waals surface area contributed by atoms with Crippen LogP contribution < -0.4 is 11.1 Å². The van der Waals surface area contributed by atoms with Crippen LogP contribution in [0.15, 0.2) is 22.7 Å². The highest BCUT2D eigenvalue weighted by molar-refractivity contribution is 9.10. The third kappa shape index (κ3) is 2.50. The molecule has 0 amide bonds. The average Bonchev–Trinajstić information content (AvgIpc) is 2.71. The lowest BCUT2D eigenvalue weighted by Gasteiger charge is -2.21. The molecule has 0 aliphatic heterocycles. The van der Waals surface area contributed by atoms with Crippen LogP contribution in [0.25, 0.3) is 0 Å². The van der Waals surface area contributed by atoms with Gasteiger partial charge in [-0.25, -0.2) is 0 Å². The van der Waals surface area contributed by atoms with E-state index in [1.54, 1.807) is 0 Å². The smallest absolute Gasteiger partial charge is 0.0587 e. The Morgan fingerprint density at radius 2 is 2.25 bits per heavy atom. The number of nitrogens with one attached hydrogen (secondary N) is 1. The Morgan fingerprint density at radius 1 is 1.44 bits per heavy atom. The van der Waals surface area contributed by atoms with Gasteiger partial charge in [0.25, 0.3) is 0 Å². The Bertz CT molecular complexity index is 370. The molecule has 16 heavy (non-hydrogen) atoms. The number of aliphatic hydroxyl groups is 1. The fourth-order valence-corrected chi connectivity index (χ4v) is 2.66. The van der Waals surface area contributed by atoms with E-state index in [0.29, 0.717) is 12.0 Å². The van der Waals surface area contributed by atoms with Crippen LogP contribution in [0.5, 0.6) is 0 Å². The van der Waals surface area contributed by atoms with Crippen molar-refractivity contribution in [2.75, 3.05) is 17.7 Å². The van der Waals surface area contributed by atoms with Crippen LogP contribution in [0, 0.1) is 5.92 Å². The molecule has 1 fully saturated rings. The zero-order chi connectivity index (χ0) is 11.5. The van der Waals surface area contributed by atoms with Gasteiger partial charge in [0.15, 0.2) is 0 Å². The van der Waals surface area contributed by atoms with Crippen molar-refractivity contribution in [3.8, 4) is 0 Å². The fourth-order valence-electron chi connectivity index (χ4n) is 2.30. The van der Waals surface area contributed by atoms with Crippen LogP contribution in [-0.2, 0) is 0 Å². The molecule has 0 aromatic heterocycles. The van der Waals surface area contributed by atoms with Gasteiger partial charge in [-0.05, 0) is 31.0 Å². The molecule has 1 aliphatic rings. The van der Waals surface area contributed by atoms with Crippen molar-refractivity contribution in [2.45, 2.75) is 25.3 Å². The normalized spacial score (nSPS) is 24.6. The van der Waals surface area contributed by atoms with Crippen molar-refractivity contribution in [3.63, 3.8) is 0 Å². The predicted octanol–water partition coefficient (Wildman–Crippen LogP) is 2.60. The molecular formula is C12H17BrN2O. The van der Waals surface area contributed by atoms with Gasteiger partial charge in [0, 0.05) is 23.0 Å². The summed E-state index contributed by atoms with van der Waals surface area (Å²) in [4.78, 5) is 0. The summed E-state index contributed by atoms with van der Waals surface area (Å²) in [6.45, 7) is 0.256. The second-order valence-corrected chi connectivity index (χ2v) is 5.27. The van der Waals surface area contributed by atoms with Gasteiger partial charge in [0.1, 0.15) is 0 Å². The highest BCUT2D eigenvalue weighted by Crippen LogP contribution is 2.31. The van der Waals surface area contributed by atoms with Gasteiger partial charge in [0.2, 0.25) is 0 Å². The molecule has 4 heteroatoms. The minimum atomic E-state index is 0.256. The van der Waals surface area contributed by atoms with Crippen LogP contribution in [0.2, 0.25) is 0 Å². The summed E-state index contributed by atoms with van der Waals surface area (Å²) < 4.78 is 1.02. The van der Waals surface area contributed by atoms with Gasteiger partial charge in [0.05, 0.1) is 11.4 Å². The zero-order valence-corrected chi connectivity index (χ0v) is 10.7. The second-order valence-electron chi connectivity index (χ2n) is 4.36. The van der Waals surface area contributed by atoms with Crippen LogP contribution in [0.1, 0.15) is 19.3 Å². The Morgan fingerprint density at radius 3 is 3.00 bits per heavy atom. The van der Waals surface area contributed by atoms with E-state index in [1.807, 2.05) is 18.2 Å². The molecule has 0 saturated heterocycles. The molecule has 1 aliphatic carbocycles. The Hall–Kier alpha value is -0.740. The number of hydrogen-bond acceptors (Lipinski definition) is 3. The lowest BCUT2D eigenvalue weighted by atomic mass is 10.0. The predicted molar refractivity (Wildman–Crippen MR) is 70.4 cm³/mol. The molecule has 1 aromatic carbocycles. The van der Waals surface area contributed by atoms with Gasteiger partial charge in [-0.15, -0.1) is 0 Å². The zero-order valence-electron chi connectivity index (χ0n) is 9.12. The number of nitrogens with two attached hydrogens (primary N) is 1. The van der Waals surface area contributed by atoms with Gasteiger partial charge in [-0.1, -0.05) is 22.4 Å². The van der Waals surface area contributed by atoms with Crippen molar-refractivity contribution in [3.05, 3.63) is 22.7 Å². The molecule has 1 aromatic rings. The van der Waals surface area contributed by atoms with Gasteiger partial charge >= 0.3 is 0 Å². The minimum Gasteiger partial charge on any atom is -0.397 e. The standard InChI is InChI=1S/C12H17BrN2O/c13-9-4-5-10(14)12(6-9)15-11-3-1-2-8(11)7-16/h4-6,8,11,15-16H,1-3,7,14H2. The maximum atomic E-state index is 9.26. The molecule has 0 spiro atoms. The van der Waals surface area contributed by atoms with E-state index in [-0.39, 0.29) is 6.61 Å². The summed E-state index contributed by atoms with van der Waals surface area (Å²) >= 11 is 3.43. The first-order chi connectivity index (χ1) is 7.70. The Kier molecular flexibility index (Phi) is 3.71. The topological polar surface area (TPSA) is 58.3 Å². The number of halogens is 1. The Labute approximate surface area is 104 Å². The quantitative estimate of drug-likeness (QED) is 0.748. The maximum absolute atomic E-state index is 9.26. The van der Waals surface area contributed by atoms with Gasteiger partial charge in [-0.2, -0.15) is 0 Å². The molecule has 2 unspecified atom stereocenters. The minimum absolute atomic E-state index is 0.256. The van der Waals surface area contributed by atoms with Crippen LogP contribution in [-0.4, -0.2) is 17.8 Å². The first-order valence-corrected chi connectivity index (χ1v) is 6.42. The van der Waals surface area contributed by atoms with E-state index in [0.717, 1.165) is 28.7 Å². The number of nitrogen functional groups attached to an aromatic ring is 1. The molecule has 3 nitrogen and oxygen atoms in total. The van der Waals surface area contributed by atoms with Gasteiger partial charge < -0.3 is 16.2 Å². The summed E-state index contributed by atoms with van der Waals surface area (Å²) in [5.41, 5.74) is 7.62. The SMILES string of the molecule is Nc1ccc(Br)cc1NC1CCCC1CO. The van der Waals surface area contributed by atoms with Crippen molar-refractivity contribution in [2.24, 2.45) is 5.92 Å². The van der Waals surface area contributed by atoms with E-state index in [1.165, 1.54) is 6.42 Å². The van der Waals surface area contributed by atoms with Crippen LogP contribution >= 0.6 is 15.9 Å². The monoisotopic (exact) mass is 284 g/mol. The molecule has 2 rings (SSSR count). The molecule has 1 saturated carbocycles. The molecule has 0 heterocycles. The molecule has 88 valence electrons. The van der Waals surface area contributed by atoms with Crippen LogP contribution in [0.4, 0.5) is 11.4 Å². The summed E-state index contributed by atoms with van der Waals surface area (Å²) in [6.07, 6.45) is 3.38. The molecule has 2 atom stereocenters. The summed E-state index contributed by atoms with van der Waals surface area (Å²) in [5.74, 6) is 0.360. The van der Waals surface area contributed by atoms with Crippen LogP contribution in [0.3, 0.4) is 0 Å². The third-order valence-electron chi connectivity index (χ3n) is 3.25. The number of aliphatic hydroxyl groups excluding tert-OH is 1. The van der Waals surface area contributed by atoms with Crippen molar-refractivity contribution < 1.29 is 5.11 Å². The first-order valence-electron chi connectivity index (χ1n) is 5.63. The lowest BCUT2D eigenvalue weighted by molar-refractivity contribution is 0.222. The largest absolute Gasteiger partial charge is 0.397 e. The summed E-state index contributed by atoms with van der Waals surface area (Å²) in [7, 11) is 0. The first kappa shape index (κ1) is 11.7. The number of hydrogen-bond donors (Lipinski definition) is 3. The fraction of sp³-hybridized carbons (Fsp3) is 0.500. The average molecular weight is 285 g/mol. The number of rotatable bonds is 3. The Balaban J connectivity index is 2.11. The van der Waals surface area contributed by atoms with Crippen molar-refractivity contribution in [1.29, 1.82) is 0 Å². The molecule has 0 bridgehead atoms. The summed E-state index contributed by atoms with van der Waals surface area (Å²) in [6, 6.07) is 6.15. The van der Waals surface area contributed by atoms with Gasteiger partial charge in [-0.3, -0.25) is 0 Å². The number of anilines is 2. The molecule has 4 N–H and O–H groups in total. The van der Waals surface area contributed by atoms with E-state index >= 15 is 0 Å². The van der Waals surface area contributed by atoms with E-state index < -0.39 is 0 Å². The third-order valence-corrected chi connectivity index (χ3v) is 3.74. The summed E-state index contributed by atoms with van der Waals surface area (Å²) in [5, 5.41) is 12.7. The molecular weight excluding hydrogens is 268 g/mol. The van der Waals surface area contributed by atoms with E-state index in [9.17, 15) is 5.11 Å². The van der Waals surface area contributed by atoms with Crippen molar-refractivity contribution >= 4 is 27.3 Å². The van der Waals surface area contributed by atoms with Crippen molar-refractivity contribution in [1.82, 2.24) is 0 Å². The van der Waals surface area contributed by atoms with E-state index in [2.05, 4.69) is 21.2 Å². The maximum Gasteiger partial charge on any atom is 0.0587 e. The number of benzene rings is 1.